The molecule has 0 radical (unpaired) electrons. The lowest BCUT2D eigenvalue weighted by atomic mass is 10.3. The van der Waals surface area contributed by atoms with Crippen molar-refractivity contribution in [2.45, 2.75) is 53.6 Å². The first-order valence-electron chi connectivity index (χ1n) is 10.3. The molecule has 0 aliphatic rings. The lowest BCUT2D eigenvalue weighted by Gasteiger charge is -2.16. The van der Waals surface area contributed by atoms with E-state index in [9.17, 15) is 4.79 Å². The van der Waals surface area contributed by atoms with Crippen molar-refractivity contribution in [3.05, 3.63) is 39.5 Å². The smallest absolute Gasteiger partial charge is 0.350 e. The van der Waals surface area contributed by atoms with Gasteiger partial charge < -0.3 is 20.1 Å². The number of halogens is 1. The number of carbonyl (C=O) groups is 1. The minimum absolute atomic E-state index is 0. The van der Waals surface area contributed by atoms with Crippen LogP contribution in [-0.2, 0) is 11.3 Å². The molecule has 10 heteroatoms. The highest BCUT2D eigenvalue weighted by Gasteiger charge is 2.20. The summed E-state index contributed by atoms with van der Waals surface area (Å²) in [6.45, 7) is 11.8. The highest BCUT2D eigenvalue weighted by Crippen LogP contribution is 2.24. The molecule has 0 aliphatic carbocycles. The first kappa shape index (κ1) is 27.1. The number of aromatic nitrogens is 2. The van der Waals surface area contributed by atoms with Crippen molar-refractivity contribution >= 4 is 47.2 Å². The van der Waals surface area contributed by atoms with Crippen molar-refractivity contribution in [1.82, 2.24) is 20.6 Å². The second kappa shape index (κ2) is 14.2. The van der Waals surface area contributed by atoms with Gasteiger partial charge in [0.2, 0.25) is 5.88 Å². The molecule has 172 valence electrons. The third-order valence-corrected chi connectivity index (χ3v) is 5.36. The Morgan fingerprint density at radius 2 is 2.10 bits per heavy atom. The highest BCUT2D eigenvalue weighted by molar-refractivity contribution is 14.0. The fourth-order valence-electron chi connectivity index (χ4n) is 2.61. The van der Waals surface area contributed by atoms with Crippen LogP contribution in [0, 0.1) is 6.92 Å². The van der Waals surface area contributed by atoms with Crippen molar-refractivity contribution in [2.24, 2.45) is 4.99 Å². The number of thiazole rings is 1. The summed E-state index contributed by atoms with van der Waals surface area (Å²) < 4.78 is 10.8. The Morgan fingerprint density at radius 3 is 2.77 bits per heavy atom. The molecule has 8 nitrogen and oxygen atoms in total. The molecule has 1 unspecified atom stereocenters. The van der Waals surface area contributed by atoms with Gasteiger partial charge in [-0.1, -0.05) is 13.0 Å². The maximum Gasteiger partial charge on any atom is 0.350 e. The van der Waals surface area contributed by atoms with E-state index in [2.05, 4.69) is 32.5 Å². The Hall–Kier alpha value is -1.95. The Morgan fingerprint density at radius 1 is 1.32 bits per heavy atom. The molecule has 0 fully saturated rings. The third-order valence-electron chi connectivity index (χ3n) is 4.04. The van der Waals surface area contributed by atoms with E-state index in [1.54, 1.807) is 13.1 Å². The van der Waals surface area contributed by atoms with Gasteiger partial charge in [0.25, 0.3) is 0 Å². The Kier molecular flexibility index (Phi) is 12.4. The number of hydrogen-bond acceptors (Lipinski definition) is 7. The second-order valence-corrected chi connectivity index (χ2v) is 7.60. The van der Waals surface area contributed by atoms with Gasteiger partial charge >= 0.3 is 5.97 Å². The number of ether oxygens (including phenoxy) is 2. The number of pyridine rings is 1. The van der Waals surface area contributed by atoms with Crippen LogP contribution in [0.4, 0.5) is 0 Å². The van der Waals surface area contributed by atoms with Crippen LogP contribution in [0.5, 0.6) is 5.88 Å². The number of esters is 1. The zero-order chi connectivity index (χ0) is 21.9. The Balaban J connectivity index is 0.00000480. The molecule has 0 amide bonds. The number of carbonyl (C=O) groups excluding carboxylic acids is 1. The maximum absolute atomic E-state index is 12.1. The standard InChI is InChI=1S/C21H31N5O3S.HI/c1-6-12-29-18-16(10-9-11-23-18)13-24-21(22-7-2)26-15(5)19-25-14(4)17(30-19)20(27)28-8-3;/h9-11,15H,6-8,12-13H2,1-5H3,(H2,22,24,26);1H. The second-order valence-electron chi connectivity index (χ2n) is 6.56. The minimum Gasteiger partial charge on any atom is -0.477 e. The van der Waals surface area contributed by atoms with Crippen LogP contribution in [0.3, 0.4) is 0 Å². The zero-order valence-corrected chi connectivity index (χ0v) is 21.9. The van der Waals surface area contributed by atoms with Gasteiger partial charge in [0, 0.05) is 18.3 Å². The summed E-state index contributed by atoms with van der Waals surface area (Å²) in [6.07, 6.45) is 2.64. The van der Waals surface area contributed by atoms with Crippen molar-refractivity contribution < 1.29 is 14.3 Å². The first-order chi connectivity index (χ1) is 14.5. The van der Waals surface area contributed by atoms with Crippen LogP contribution in [0.1, 0.15) is 66.1 Å². The zero-order valence-electron chi connectivity index (χ0n) is 18.7. The summed E-state index contributed by atoms with van der Waals surface area (Å²) in [5, 5.41) is 7.40. The van der Waals surface area contributed by atoms with E-state index in [-0.39, 0.29) is 36.0 Å². The van der Waals surface area contributed by atoms with Crippen molar-refractivity contribution in [3.63, 3.8) is 0 Å². The van der Waals surface area contributed by atoms with Crippen LogP contribution >= 0.6 is 35.3 Å². The van der Waals surface area contributed by atoms with Crippen LogP contribution in [0.15, 0.2) is 23.3 Å². The van der Waals surface area contributed by atoms with E-state index in [0.717, 1.165) is 23.5 Å². The predicted molar refractivity (Wildman–Crippen MR) is 135 cm³/mol. The number of aliphatic imine (C=N–C) groups is 1. The molecular formula is C21H32IN5O3S. The van der Waals surface area contributed by atoms with E-state index in [1.807, 2.05) is 32.9 Å². The van der Waals surface area contributed by atoms with Gasteiger partial charge in [-0.3, -0.25) is 0 Å². The maximum atomic E-state index is 12.1. The van der Waals surface area contributed by atoms with Crippen LogP contribution < -0.4 is 15.4 Å². The summed E-state index contributed by atoms with van der Waals surface area (Å²) >= 11 is 1.34. The van der Waals surface area contributed by atoms with Gasteiger partial charge in [0.05, 0.1) is 31.5 Å². The van der Waals surface area contributed by atoms with Gasteiger partial charge in [-0.05, 0) is 40.2 Å². The van der Waals surface area contributed by atoms with Gasteiger partial charge in [-0.25, -0.2) is 19.8 Å². The summed E-state index contributed by atoms with van der Waals surface area (Å²) in [6, 6.07) is 3.71. The fraction of sp³-hybridized carbons (Fsp3) is 0.524. The molecule has 2 rings (SSSR count). The van der Waals surface area contributed by atoms with Crippen LogP contribution in [-0.4, -0.2) is 41.7 Å². The summed E-state index contributed by atoms with van der Waals surface area (Å²) in [5.41, 5.74) is 1.60. The van der Waals surface area contributed by atoms with Gasteiger partial charge in [-0.15, -0.1) is 35.3 Å². The number of nitrogens with one attached hydrogen (secondary N) is 2. The third kappa shape index (κ3) is 8.24. The largest absolute Gasteiger partial charge is 0.477 e. The normalized spacial score (nSPS) is 12.0. The summed E-state index contributed by atoms with van der Waals surface area (Å²) in [5.74, 6) is 0.935. The van der Waals surface area contributed by atoms with Crippen molar-refractivity contribution in [1.29, 1.82) is 0 Å². The van der Waals surface area contributed by atoms with Gasteiger partial charge in [-0.2, -0.15) is 0 Å². The molecule has 31 heavy (non-hydrogen) atoms. The van der Waals surface area contributed by atoms with Gasteiger partial charge in [0.15, 0.2) is 5.96 Å². The first-order valence-corrected chi connectivity index (χ1v) is 11.1. The molecule has 0 aromatic carbocycles. The Labute approximate surface area is 205 Å². The average Bonchev–Trinajstić information content (AvgIpc) is 3.13. The topological polar surface area (TPSA) is 97.7 Å². The monoisotopic (exact) mass is 561 g/mol. The number of hydrogen-bond donors (Lipinski definition) is 2. The molecule has 0 spiro atoms. The molecule has 2 N–H and O–H groups in total. The van der Waals surface area contributed by atoms with E-state index >= 15 is 0 Å². The molecular weight excluding hydrogens is 529 g/mol. The minimum atomic E-state index is -0.331. The summed E-state index contributed by atoms with van der Waals surface area (Å²) in [7, 11) is 0. The molecule has 2 aromatic rings. The van der Waals surface area contributed by atoms with Crippen molar-refractivity contribution in [2.75, 3.05) is 19.8 Å². The highest BCUT2D eigenvalue weighted by atomic mass is 127. The van der Waals surface area contributed by atoms with Crippen LogP contribution in [0.2, 0.25) is 0 Å². The number of guanidine groups is 1. The molecule has 2 heterocycles. The molecule has 0 saturated heterocycles. The molecule has 0 bridgehead atoms. The van der Waals surface area contributed by atoms with E-state index in [0.29, 0.717) is 42.2 Å². The Bertz CT molecular complexity index is 859. The van der Waals surface area contributed by atoms with E-state index in [4.69, 9.17) is 9.47 Å². The molecule has 0 saturated carbocycles. The summed E-state index contributed by atoms with van der Waals surface area (Å²) in [4.78, 5) is 26.1. The SMILES string of the molecule is CCCOc1ncccc1CN=C(NCC)NC(C)c1nc(C)c(C(=O)OCC)s1.I. The van der Waals surface area contributed by atoms with E-state index < -0.39 is 0 Å². The van der Waals surface area contributed by atoms with E-state index in [1.165, 1.54) is 11.3 Å². The quantitative estimate of drug-likeness (QED) is 0.194. The average molecular weight is 561 g/mol. The molecule has 1 atom stereocenters. The molecule has 0 aliphatic heterocycles. The number of rotatable bonds is 10. The number of nitrogens with zero attached hydrogens (tertiary/aromatic N) is 3. The lowest BCUT2D eigenvalue weighted by molar-refractivity contribution is 0.0531. The lowest BCUT2D eigenvalue weighted by Crippen LogP contribution is -2.38. The molecule has 2 aromatic heterocycles. The number of aryl methyl sites for hydroxylation is 1. The predicted octanol–water partition coefficient (Wildman–Crippen LogP) is 4.25. The van der Waals surface area contributed by atoms with Crippen molar-refractivity contribution in [3.8, 4) is 5.88 Å². The fourth-order valence-corrected chi connectivity index (χ4v) is 3.58. The van der Waals surface area contributed by atoms with Crippen LogP contribution in [0.25, 0.3) is 0 Å². The van der Waals surface area contributed by atoms with Gasteiger partial charge in [0.1, 0.15) is 9.88 Å².